The van der Waals surface area contributed by atoms with Crippen molar-refractivity contribution in [2.45, 2.75) is 6.42 Å². The minimum atomic E-state index is -0.460. The van der Waals surface area contributed by atoms with Crippen molar-refractivity contribution in [2.24, 2.45) is 5.92 Å². The van der Waals surface area contributed by atoms with Crippen molar-refractivity contribution >= 4 is 23.2 Å². The summed E-state index contributed by atoms with van der Waals surface area (Å²) in [6.07, 6.45) is 3.66. The zero-order valence-corrected chi connectivity index (χ0v) is 16.7. The van der Waals surface area contributed by atoms with E-state index < -0.39 is 5.92 Å². The van der Waals surface area contributed by atoms with Crippen LogP contribution >= 0.6 is 0 Å². The fourth-order valence-corrected chi connectivity index (χ4v) is 3.52. The van der Waals surface area contributed by atoms with Crippen molar-refractivity contribution in [1.82, 2.24) is 9.78 Å². The van der Waals surface area contributed by atoms with Gasteiger partial charge in [0.1, 0.15) is 11.5 Å². The number of methoxy groups -OCH3 is 2. The molecule has 2 heterocycles. The van der Waals surface area contributed by atoms with Gasteiger partial charge in [0.2, 0.25) is 11.8 Å². The Balaban J connectivity index is 1.48. The molecule has 4 rings (SSSR count). The second-order valence-electron chi connectivity index (χ2n) is 6.93. The molecule has 30 heavy (non-hydrogen) atoms. The highest BCUT2D eigenvalue weighted by molar-refractivity contribution is 6.04. The Morgan fingerprint density at radius 3 is 2.73 bits per heavy atom. The lowest BCUT2D eigenvalue weighted by Crippen LogP contribution is -2.28. The molecule has 0 radical (unpaired) electrons. The standard InChI is InChI=1S/C22H22N4O4/c1-29-18-7-8-19(20(13-18)30-2)25-14-15(11-21(25)27)22(28)24-16-5-3-6-17(12-16)26-10-4-9-23-26/h3-10,12-13,15H,11,14H2,1-2H3,(H,24,28). The summed E-state index contributed by atoms with van der Waals surface area (Å²) in [6.45, 7) is 0.284. The highest BCUT2D eigenvalue weighted by Gasteiger charge is 2.36. The van der Waals surface area contributed by atoms with Crippen molar-refractivity contribution < 1.29 is 19.1 Å². The highest BCUT2D eigenvalue weighted by Crippen LogP contribution is 2.36. The maximum absolute atomic E-state index is 12.8. The number of carbonyl (C=O) groups is 2. The topological polar surface area (TPSA) is 85.7 Å². The summed E-state index contributed by atoms with van der Waals surface area (Å²) >= 11 is 0. The Hall–Kier alpha value is -3.81. The highest BCUT2D eigenvalue weighted by atomic mass is 16.5. The summed E-state index contributed by atoms with van der Waals surface area (Å²) in [5, 5.41) is 7.11. The minimum Gasteiger partial charge on any atom is -0.497 e. The van der Waals surface area contributed by atoms with E-state index in [1.54, 1.807) is 41.1 Å². The third-order valence-electron chi connectivity index (χ3n) is 5.06. The molecule has 8 nitrogen and oxygen atoms in total. The van der Waals surface area contributed by atoms with Crippen LogP contribution in [-0.2, 0) is 9.59 Å². The number of amides is 2. The number of aromatic nitrogens is 2. The van der Waals surface area contributed by atoms with Crippen molar-refractivity contribution in [3.05, 3.63) is 60.9 Å². The quantitative estimate of drug-likeness (QED) is 0.680. The second-order valence-corrected chi connectivity index (χ2v) is 6.93. The molecule has 154 valence electrons. The lowest BCUT2D eigenvalue weighted by molar-refractivity contribution is -0.122. The van der Waals surface area contributed by atoms with Gasteiger partial charge in [-0.05, 0) is 36.4 Å². The predicted molar refractivity (Wildman–Crippen MR) is 112 cm³/mol. The van der Waals surface area contributed by atoms with Crippen LogP contribution < -0.4 is 19.7 Å². The van der Waals surface area contributed by atoms with Crippen LogP contribution in [0.3, 0.4) is 0 Å². The zero-order chi connectivity index (χ0) is 21.1. The third-order valence-corrected chi connectivity index (χ3v) is 5.06. The molecule has 1 atom stereocenters. The van der Waals surface area contributed by atoms with Crippen LogP contribution in [0.2, 0.25) is 0 Å². The van der Waals surface area contributed by atoms with Gasteiger partial charge in [0.15, 0.2) is 0 Å². The lowest BCUT2D eigenvalue weighted by atomic mass is 10.1. The van der Waals surface area contributed by atoms with Gasteiger partial charge in [0.05, 0.1) is 31.5 Å². The SMILES string of the molecule is COc1ccc(N2CC(C(=O)Nc3cccc(-n4cccn4)c3)CC2=O)c(OC)c1. The van der Waals surface area contributed by atoms with Gasteiger partial charge < -0.3 is 19.7 Å². The van der Waals surface area contributed by atoms with Gasteiger partial charge in [0.25, 0.3) is 0 Å². The second kappa shape index (κ2) is 8.28. The lowest BCUT2D eigenvalue weighted by Gasteiger charge is -2.20. The minimum absolute atomic E-state index is 0.121. The van der Waals surface area contributed by atoms with Gasteiger partial charge >= 0.3 is 0 Å². The molecule has 8 heteroatoms. The first-order valence-corrected chi connectivity index (χ1v) is 9.52. The number of anilines is 2. The summed E-state index contributed by atoms with van der Waals surface area (Å²) in [6, 6.07) is 14.5. The number of benzene rings is 2. The van der Waals surface area contributed by atoms with Crippen molar-refractivity contribution in [3.8, 4) is 17.2 Å². The van der Waals surface area contributed by atoms with Crippen LogP contribution in [0.15, 0.2) is 60.9 Å². The Kier molecular flexibility index (Phi) is 5.38. The molecular weight excluding hydrogens is 384 g/mol. The normalized spacial score (nSPS) is 15.9. The molecule has 1 aromatic heterocycles. The van der Waals surface area contributed by atoms with Crippen molar-refractivity contribution in [3.63, 3.8) is 0 Å². The van der Waals surface area contributed by atoms with Gasteiger partial charge in [-0.2, -0.15) is 5.10 Å². The summed E-state index contributed by atoms with van der Waals surface area (Å²) in [7, 11) is 3.10. The van der Waals surface area contributed by atoms with E-state index in [1.165, 1.54) is 7.11 Å². The molecular formula is C22H22N4O4. The largest absolute Gasteiger partial charge is 0.497 e. The smallest absolute Gasteiger partial charge is 0.229 e. The molecule has 1 unspecified atom stereocenters. The molecule has 2 amide bonds. The van der Waals surface area contributed by atoms with Gasteiger partial charge in [-0.25, -0.2) is 4.68 Å². The fraction of sp³-hybridized carbons (Fsp3) is 0.227. The molecule has 0 bridgehead atoms. The zero-order valence-electron chi connectivity index (χ0n) is 16.7. The number of carbonyl (C=O) groups excluding carboxylic acids is 2. The van der Waals surface area contributed by atoms with E-state index in [-0.39, 0.29) is 24.8 Å². The van der Waals surface area contributed by atoms with E-state index in [0.29, 0.717) is 22.9 Å². The first kappa shape index (κ1) is 19.5. The van der Waals surface area contributed by atoms with Gasteiger partial charge in [-0.3, -0.25) is 9.59 Å². The number of hydrogen-bond donors (Lipinski definition) is 1. The van der Waals surface area contributed by atoms with Crippen LogP contribution in [0.1, 0.15) is 6.42 Å². The third kappa shape index (κ3) is 3.84. The molecule has 2 aromatic carbocycles. The Labute approximate surface area is 174 Å². The first-order valence-electron chi connectivity index (χ1n) is 9.52. The van der Waals surface area contributed by atoms with E-state index in [4.69, 9.17) is 9.47 Å². The van der Waals surface area contributed by atoms with E-state index >= 15 is 0 Å². The summed E-state index contributed by atoms with van der Waals surface area (Å²) in [5.41, 5.74) is 2.12. The van der Waals surface area contributed by atoms with Gasteiger partial charge in [-0.1, -0.05) is 6.07 Å². The van der Waals surface area contributed by atoms with Crippen LogP contribution in [0.5, 0.6) is 11.5 Å². The Morgan fingerprint density at radius 2 is 2.00 bits per heavy atom. The molecule has 1 N–H and O–H groups in total. The first-order chi connectivity index (χ1) is 14.6. The molecule has 1 aliphatic heterocycles. The van der Waals surface area contributed by atoms with Crippen LogP contribution in [0.4, 0.5) is 11.4 Å². The fourth-order valence-electron chi connectivity index (χ4n) is 3.52. The van der Waals surface area contributed by atoms with E-state index in [0.717, 1.165) is 5.69 Å². The molecule has 0 saturated carbocycles. The summed E-state index contributed by atoms with van der Waals surface area (Å²) < 4.78 is 12.3. The molecule has 3 aromatic rings. The monoisotopic (exact) mass is 406 g/mol. The number of rotatable bonds is 6. The average molecular weight is 406 g/mol. The van der Waals surface area contributed by atoms with Crippen LogP contribution in [-0.4, -0.2) is 42.4 Å². The van der Waals surface area contributed by atoms with Crippen LogP contribution in [0.25, 0.3) is 5.69 Å². The maximum Gasteiger partial charge on any atom is 0.229 e. The number of hydrogen-bond acceptors (Lipinski definition) is 5. The molecule has 1 aliphatic rings. The van der Waals surface area contributed by atoms with E-state index in [2.05, 4.69) is 10.4 Å². The van der Waals surface area contributed by atoms with Crippen LogP contribution in [0, 0.1) is 5.92 Å². The van der Waals surface area contributed by atoms with Gasteiger partial charge in [-0.15, -0.1) is 0 Å². The summed E-state index contributed by atoms with van der Waals surface area (Å²) in [5.74, 6) is 0.377. The van der Waals surface area contributed by atoms with E-state index in [9.17, 15) is 9.59 Å². The van der Waals surface area contributed by atoms with Gasteiger partial charge in [0, 0.05) is 37.1 Å². The molecule has 0 aliphatic carbocycles. The number of ether oxygens (including phenoxy) is 2. The summed E-state index contributed by atoms with van der Waals surface area (Å²) in [4.78, 5) is 27.0. The molecule has 1 fully saturated rings. The Morgan fingerprint density at radius 1 is 1.13 bits per heavy atom. The Bertz CT molecular complexity index is 1060. The number of nitrogens with one attached hydrogen (secondary N) is 1. The van der Waals surface area contributed by atoms with Crippen molar-refractivity contribution in [1.29, 1.82) is 0 Å². The molecule has 0 spiro atoms. The number of nitrogens with zero attached hydrogens (tertiary/aromatic N) is 3. The molecule has 1 saturated heterocycles. The average Bonchev–Trinajstić information content (AvgIpc) is 3.43. The predicted octanol–water partition coefficient (Wildman–Crippen LogP) is 2.88. The van der Waals surface area contributed by atoms with E-state index in [1.807, 2.05) is 36.5 Å². The van der Waals surface area contributed by atoms with Crippen molar-refractivity contribution in [2.75, 3.05) is 31.0 Å². The maximum atomic E-state index is 12.8.